The Hall–Kier alpha value is -3.47. The predicted molar refractivity (Wildman–Crippen MR) is 108 cm³/mol. The molecule has 8 nitrogen and oxygen atoms in total. The number of hydrogen-bond acceptors (Lipinski definition) is 5. The summed E-state index contributed by atoms with van der Waals surface area (Å²) in [6.45, 7) is 1.70. The number of nitro groups is 1. The van der Waals surface area contributed by atoms with Crippen LogP contribution < -0.4 is 5.43 Å². The molecule has 1 saturated carbocycles. The fourth-order valence-corrected chi connectivity index (χ4v) is 3.73. The number of amides is 1. The Morgan fingerprint density at radius 1 is 1.34 bits per heavy atom. The van der Waals surface area contributed by atoms with Gasteiger partial charge in [0.05, 0.1) is 11.5 Å². The maximum absolute atomic E-state index is 13.2. The molecule has 2 aromatic rings. The van der Waals surface area contributed by atoms with Gasteiger partial charge in [0.25, 0.3) is 11.6 Å². The van der Waals surface area contributed by atoms with Gasteiger partial charge < -0.3 is 4.90 Å². The molecule has 1 aromatic heterocycles. The Bertz CT molecular complexity index is 1030. The average molecular weight is 394 g/mol. The van der Waals surface area contributed by atoms with E-state index in [0.29, 0.717) is 5.69 Å². The zero-order valence-corrected chi connectivity index (χ0v) is 16.2. The summed E-state index contributed by atoms with van der Waals surface area (Å²) in [5.41, 5.74) is -0.403. The zero-order valence-electron chi connectivity index (χ0n) is 16.2. The van der Waals surface area contributed by atoms with Crippen molar-refractivity contribution in [1.29, 1.82) is 0 Å². The smallest absolute Gasteiger partial charge is 0.294 e. The van der Waals surface area contributed by atoms with Crippen LogP contribution in [-0.4, -0.2) is 38.1 Å². The molecule has 1 amide bonds. The number of nitrogens with zero attached hydrogens (tertiary/aromatic N) is 4. The van der Waals surface area contributed by atoms with E-state index in [9.17, 15) is 19.7 Å². The second-order valence-corrected chi connectivity index (χ2v) is 7.09. The summed E-state index contributed by atoms with van der Waals surface area (Å²) in [7, 11) is 0. The topological polar surface area (TPSA) is 98.3 Å². The van der Waals surface area contributed by atoms with Crippen molar-refractivity contribution in [3.8, 4) is 18.0 Å². The number of benzene rings is 1. The minimum atomic E-state index is -0.535. The lowest BCUT2D eigenvalue weighted by Crippen LogP contribution is -2.44. The Kier molecular flexibility index (Phi) is 6.07. The Balaban J connectivity index is 2.07. The van der Waals surface area contributed by atoms with Crippen molar-refractivity contribution in [2.75, 3.05) is 6.54 Å². The van der Waals surface area contributed by atoms with Crippen LogP contribution in [0.5, 0.6) is 0 Å². The van der Waals surface area contributed by atoms with Crippen LogP contribution in [0.3, 0.4) is 0 Å². The van der Waals surface area contributed by atoms with Gasteiger partial charge in [0.2, 0.25) is 5.43 Å². The Labute approximate surface area is 168 Å². The molecule has 0 bridgehead atoms. The molecule has 1 fully saturated rings. The van der Waals surface area contributed by atoms with Crippen molar-refractivity contribution in [2.24, 2.45) is 0 Å². The lowest BCUT2D eigenvalue weighted by atomic mass is 9.94. The summed E-state index contributed by atoms with van der Waals surface area (Å²) in [5.74, 6) is 1.96. The van der Waals surface area contributed by atoms with Gasteiger partial charge in [-0.1, -0.05) is 37.3 Å². The highest BCUT2D eigenvalue weighted by Crippen LogP contribution is 2.24. The minimum absolute atomic E-state index is 0.0330. The highest BCUT2D eigenvalue weighted by atomic mass is 16.6. The van der Waals surface area contributed by atoms with E-state index in [-0.39, 0.29) is 29.7 Å². The average Bonchev–Trinajstić information content (AvgIpc) is 2.72. The number of carbonyl (C=O) groups is 1. The number of terminal acetylenes is 1. The van der Waals surface area contributed by atoms with Gasteiger partial charge in [-0.25, -0.2) is 4.68 Å². The molecule has 1 aromatic carbocycles. The van der Waals surface area contributed by atoms with Gasteiger partial charge in [-0.05, 0) is 25.8 Å². The molecule has 3 rings (SSSR count). The largest absolute Gasteiger partial charge is 0.323 e. The Morgan fingerprint density at radius 3 is 2.69 bits per heavy atom. The fraction of sp³-hybridized carbons (Fsp3) is 0.381. The highest BCUT2D eigenvalue weighted by molar-refractivity contribution is 5.92. The van der Waals surface area contributed by atoms with Gasteiger partial charge in [-0.2, -0.15) is 5.10 Å². The predicted octanol–water partition coefficient (Wildman–Crippen LogP) is 2.86. The number of para-hydroxylation sites is 2. The first-order chi connectivity index (χ1) is 13.9. The summed E-state index contributed by atoms with van der Waals surface area (Å²) >= 11 is 0. The van der Waals surface area contributed by atoms with Crippen molar-refractivity contribution in [2.45, 2.75) is 45.1 Å². The third kappa shape index (κ3) is 4.19. The van der Waals surface area contributed by atoms with Gasteiger partial charge in [-0.15, -0.1) is 6.42 Å². The molecule has 1 aliphatic carbocycles. The van der Waals surface area contributed by atoms with Gasteiger partial charge in [-0.3, -0.25) is 19.7 Å². The molecule has 8 heteroatoms. The molecule has 0 radical (unpaired) electrons. The number of rotatable bonds is 5. The summed E-state index contributed by atoms with van der Waals surface area (Å²) in [6.07, 6.45) is 10.2. The van der Waals surface area contributed by atoms with E-state index < -0.39 is 16.3 Å². The normalized spacial score (nSPS) is 14.2. The van der Waals surface area contributed by atoms with Crippen molar-refractivity contribution < 1.29 is 9.72 Å². The van der Waals surface area contributed by atoms with Crippen LogP contribution in [-0.2, 0) is 0 Å². The van der Waals surface area contributed by atoms with Gasteiger partial charge in [0, 0.05) is 23.9 Å². The van der Waals surface area contributed by atoms with E-state index >= 15 is 0 Å². The number of carbonyl (C=O) groups excluding carboxylic acids is 1. The fourth-order valence-electron chi connectivity index (χ4n) is 3.73. The summed E-state index contributed by atoms with van der Waals surface area (Å²) < 4.78 is 1.27. The van der Waals surface area contributed by atoms with Crippen LogP contribution in [0, 0.1) is 29.4 Å². The molecule has 0 saturated heterocycles. The zero-order chi connectivity index (χ0) is 21.0. The van der Waals surface area contributed by atoms with Crippen LogP contribution in [0.2, 0.25) is 0 Å². The quantitative estimate of drug-likeness (QED) is 0.441. The van der Waals surface area contributed by atoms with E-state index in [2.05, 4.69) is 11.0 Å². The monoisotopic (exact) mass is 394 g/mol. The number of hydrogen-bond donors (Lipinski definition) is 0. The van der Waals surface area contributed by atoms with Crippen LogP contribution in [0.1, 0.15) is 48.3 Å². The lowest BCUT2D eigenvalue weighted by Gasteiger charge is -2.32. The maximum atomic E-state index is 13.2. The van der Waals surface area contributed by atoms with Crippen LogP contribution >= 0.6 is 0 Å². The molecule has 29 heavy (non-hydrogen) atoms. The van der Waals surface area contributed by atoms with E-state index in [1.807, 2.05) is 0 Å². The summed E-state index contributed by atoms with van der Waals surface area (Å²) in [5, 5.41) is 15.6. The molecule has 0 aliphatic heterocycles. The summed E-state index contributed by atoms with van der Waals surface area (Å²) in [6, 6.07) is 7.29. The molecule has 0 N–H and O–H groups in total. The van der Waals surface area contributed by atoms with Gasteiger partial charge >= 0.3 is 0 Å². The first-order valence-corrected chi connectivity index (χ1v) is 9.53. The van der Waals surface area contributed by atoms with Crippen LogP contribution in [0.4, 0.5) is 5.69 Å². The molecule has 0 spiro atoms. The molecule has 1 heterocycles. The first-order valence-electron chi connectivity index (χ1n) is 9.53. The third-order valence-corrected chi connectivity index (χ3v) is 5.15. The number of nitro benzene ring substituents is 1. The van der Waals surface area contributed by atoms with Crippen molar-refractivity contribution in [3.63, 3.8) is 0 Å². The van der Waals surface area contributed by atoms with E-state index in [1.165, 1.54) is 27.8 Å². The molecule has 1 aliphatic rings. The molecular weight excluding hydrogens is 372 g/mol. The lowest BCUT2D eigenvalue weighted by molar-refractivity contribution is -0.384. The first kappa shape index (κ1) is 20.3. The SMILES string of the molecule is C#CCN(C(=O)c1nn(-c2ccccc2[N+](=O)[O-])c(C)cc1=O)C1CCCCC1. The molecule has 150 valence electrons. The Morgan fingerprint density at radius 2 is 2.03 bits per heavy atom. The van der Waals surface area contributed by atoms with E-state index in [1.54, 1.807) is 19.1 Å². The van der Waals surface area contributed by atoms with Crippen molar-refractivity contribution >= 4 is 11.6 Å². The van der Waals surface area contributed by atoms with Crippen LogP contribution in [0.15, 0.2) is 35.1 Å². The van der Waals surface area contributed by atoms with Crippen molar-refractivity contribution in [3.05, 3.63) is 62.1 Å². The van der Waals surface area contributed by atoms with Gasteiger partial charge in [0.1, 0.15) is 5.69 Å². The van der Waals surface area contributed by atoms with E-state index in [0.717, 1.165) is 32.1 Å². The molecule has 0 atom stereocenters. The number of aromatic nitrogens is 2. The summed E-state index contributed by atoms with van der Waals surface area (Å²) in [4.78, 5) is 38.2. The second kappa shape index (κ2) is 8.69. The van der Waals surface area contributed by atoms with Crippen molar-refractivity contribution in [1.82, 2.24) is 14.7 Å². The highest BCUT2D eigenvalue weighted by Gasteiger charge is 2.29. The standard InChI is InChI=1S/C21H22N4O4/c1-3-13-23(16-9-5-4-6-10-16)21(27)20-19(26)14-15(2)24(22-20)17-11-7-8-12-18(17)25(28)29/h1,7-8,11-12,14,16H,4-6,9-10,13H2,2H3. The third-order valence-electron chi connectivity index (χ3n) is 5.15. The van der Waals surface area contributed by atoms with Crippen LogP contribution in [0.25, 0.3) is 5.69 Å². The second-order valence-electron chi connectivity index (χ2n) is 7.09. The van der Waals surface area contributed by atoms with Gasteiger partial charge in [0.15, 0.2) is 5.69 Å². The van der Waals surface area contributed by atoms with E-state index in [4.69, 9.17) is 6.42 Å². The minimum Gasteiger partial charge on any atom is -0.323 e. The number of aryl methyl sites for hydroxylation is 1. The molecule has 0 unspecified atom stereocenters. The molecular formula is C21H22N4O4. The maximum Gasteiger partial charge on any atom is 0.294 e.